The van der Waals surface area contributed by atoms with Crippen LogP contribution in [0.3, 0.4) is 0 Å². The molecule has 3 rings (SSSR count). The first-order valence-electron chi connectivity index (χ1n) is 7.25. The van der Waals surface area contributed by atoms with Gasteiger partial charge in [-0.15, -0.1) is 11.3 Å². The topological polar surface area (TPSA) is 58.6 Å². The van der Waals surface area contributed by atoms with Gasteiger partial charge in [-0.3, -0.25) is 4.79 Å². The third-order valence-electron chi connectivity index (χ3n) is 3.69. The van der Waals surface area contributed by atoms with Crippen LogP contribution in [0.4, 0.5) is 0 Å². The van der Waals surface area contributed by atoms with E-state index >= 15 is 0 Å². The Kier molecular flexibility index (Phi) is 4.24. The van der Waals surface area contributed by atoms with E-state index in [4.69, 9.17) is 4.74 Å². The van der Waals surface area contributed by atoms with Gasteiger partial charge in [0.15, 0.2) is 0 Å². The van der Waals surface area contributed by atoms with E-state index in [0.29, 0.717) is 6.61 Å². The highest BCUT2D eigenvalue weighted by atomic mass is 32.1. The maximum Gasteiger partial charge on any atom is 0.225 e. The number of carbonyl (C=O) groups is 1. The van der Waals surface area contributed by atoms with Crippen molar-refractivity contribution < 1.29 is 14.6 Å². The summed E-state index contributed by atoms with van der Waals surface area (Å²) in [5.41, 5.74) is 0. The molecule has 0 radical (unpaired) electrons. The Balaban J connectivity index is 1.54. The van der Waals surface area contributed by atoms with Crippen LogP contribution in [0.2, 0.25) is 0 Å². The molecule has 1 amide bonds. The SMILES string of the molecule is CCOC1CC1C(=O)NCC(O)c1cc2ccccc2s1. The lowest BCUT2D eigenvalue weighted by molar-refractivity contribution is -0.123. The number of benzene rings is 1. The van der Waals surface area contributed by atoms with Crippen molar-refractivity contribution in [3.05, 3.63) is 35.2 Å². The van der Waals surface area contributed by atoms with Gasteiger partial charge in [-0.05, 0) is 30.9 Å². The molecule has 2 aromatic rings. The van der Waals surface area contributed by atoms with Crippen molar-refractivity contribution in [1.29, 1.82) is 0 Å². The van der Waals surface area contributed by atoms with Crippen molar-refractivity contribution in [2.45, 2.75) is 25.6 Å². The molecule has 1 fully saturated rings. The lowest BCUT2D eigenvalue weighted by atomic mass is 10.2. The molecule has 1 aromatic carbocycles. The van der Waals surface area contributed by atoms with Gasteiger partial charge in [-0.1, -0.05) is 18.2 Å². The van der Waals surface area contributed by atoms with Gasteiger partial charge < -0.3 is 15.2 Å². The summed E-state index contributed by atoms with van der Waals surface area (Å²) in [4.78, 5) is 12.8. The average Bonchev–Trinajstić information content (AvgIpc) is 3.12. The van der Waals surface area contributed by atoms with Gasteiger partial charge in [0.25, 0.3) is 0 Å². The zero-order valence-corrected chi connectivity index (χ0v) is 12.7. The van der Waals surface area contributed by atoms with Crippen molar-refractivity contribution in [2.24, 2.45) is 5.92 Å². The van der Waals surface area contributed by atoms with Crippen LogP contribution in [0.15, 0.2) is 30.3 Å². The first-order chi connectivity index (χ1) is 10.2. The molecular formula is C16H19NO3S. The molecule has 1 aliphatic carbocycles. The zero-order chi connectivity index (χ0) is 14.8. The van der Waals surface area contributed by atoms with Crippen LogP contribution < -0.4 is 5.32 Å². The van der Waals surface area contributed by atoms with Crippen LogP contribution in [0.1, 0.15) is 24.3 Å². The summed E-state index contributed by atoms with van der Waals surface area (Å²) in [7, 11) is 0. The lowest BCUT2D eigenvalue weighted by Gasteiger charge is -2.10. The van der Waals surface area contributed by atoms with Crippen molar-refractivity contribution in [3.8, 4) is 0 Å². The van der Waals surface area contributed by atoms with E-state index in [1.165, 1.54) is 0 Å². The van der Waals surface area contributed by atoms with E-state index in [1.54, 1.807) is 11.3 Å². The average molecular weight is 305 g/mol. The fourth-order valence-corrected chi connectivity index (χ4v) is 3.49. The minimum atomic E-state index is -0.657. The molecule has 0 bridgehead atoms. The number of thiophene rings is 1. The number of aliphatic hydroxyl groups excluding tert-OH is 1. The van der Waals surface area contributed by atoms with E-state index in [1.807, 2.05) is 37.3 Å². The van der Waals surface area contributed by atoms with E-state index < -0.39 is 6.10 Å². The number of ether oxygens (including phenoxy) is 1. The molecule has 0 spiro atoms. The number of hydrogen-bond acceptors (Lipinski definition) is 4. The normalized spacial score (nSPS) is 22.2. The Labute approximate surface area is 127 Å². The molecule has 2 N–H and O–H groups in total. The Bertz CT molecular complexity index is 606. The largest absolute Gasteiger partial charge is 0.386 e. The fraction of sp³-hybridized carbons (Fsp3) is 0.438. The Morgan fingerprint density at radius 3 is 3.10 bits per heavy atom. The minimum absolute atomic E-state index is 0.0198. The van der Waals surface area contributed by atoms with Gasteiger partial charge in [-0.2, -0.15) is 0 Å². The molecule has 4 nitrogen and oxygen atoms in total. The second kappa shape index (κ2) is 6.13. The van der Waals surface area contributed by atoms with Crippen LogP contribution in [0.5, 0.6) is 0 Å². The molecular weight excluding hydrogens is 286 g/mol. The minimum Gasteiger partial charge on any atom is -0.386 e. The van der Waals surface area contributed by atoms with Crippen molar-refractivity contribution in [1.82, 2.24) is 5.32 Å². The van der Waals surface area contributed by atoms with Crippen LogP contribution in [0.25, 0.3) is 10.1 Å². The maximum atomic E-state index is 11.9. The third kappa shape index (κ3) is 3.26. The van der Waals surface area contributed by atoms with Crippen LogP contribution in [0, 0.1) is 5.92 Å². The van der Waals surface area contributed by atoms with Gasteiger partial charge in [0.05, 0.1) is 12.0 Å². The summed E-state index contributed by atoms with van der Waals surface area (Å²) in [6, 6.07) is 10.0. The van der Waals surface area contributed by atoms with E-state index in [0.717, 1.165) is 21.4 Å². The monoisotopic (exact) mass is 305 g/mol. The molecule has 5 heteroatoms. The standard InChI is InChI=1S/C16H19NO3S/c1-2-20-13-8-11(13)16(19)17-9-12(18)15-7-10-5-3-4-6-14(10)21-15/h3-7,11-13,18H,2,8-9H2,1H3,(H,17,19). The van der Waals surface area contributed by atoms with Crippen LogP contribution in [-0.2, 0) is 9.53 Å². The maximum absolute atomic E-state index is 11.9. The molecule has 1 aliphatic rings. The number of aliphatic hydroxyl groups is 1. The molecule has 3 atom stereocenters. The zero-order valence-electron chi connectivity index (χ0n) is 11.9. The second-order valence-electron chi connectivity index (χ2n) is 5.28. The van der Waals surface area contributed by atoms with Crippen molar-refractivity contribution in [3.63, 3.8) is 0 Å². The van der Waals surface area contributed by atoms with Gasteiger partial charge in [0.1, 0.15) is 6.10 Å². The van der Waals surface area contributed by atoms with Gasteiger partial charge in [0.2, 0.25) is 5.91 Å². The molecule has 21 heavy (non-hydrogen) atoms. The van der Waals surface area contributed by atoms with Crippen LogP contribution in [-0.4, -0.2) is 30.3 Å². The predicted molar refractivity (Wildman–Crippen MR) is 83.3 cm³/mol. The van der Waals surface area contributed by atoms with E-state index in [9.17, 15) is 9.90 Å². The van der Waals surface area contributed by atoms with Crippen LogP contribution >= 0.6 is 11.3 Å². The number of nitrogens with one attached hydrogen (secondary N) is 1. The second-order valence-corrected chi connectivity index (χ2v) is 6.40. The quantitative estimate of drug-likeness (QED) is 0.862. The number of amides is 1. The number of hydrogen-bond donors (Lipinski definition) is 2. The molecule has 3 unspecified atom stereocenters. The Morgan fingerprint density at radius 2 is 2.33 bits per heavy atom. The number of rotatable bonds is 6. The molecule has 1 saturated carbocycles. The van der Waals surface area contributed by atoms with E-state index in [2.05, 4.69) is 5.32 Å². The molecule has 0 aliphatic heterocycles. The number of carbonyl (C=O) groups excluding carboxylic acids is 1. The molecule has 1 aromatic heterocycles. The van der Waals surface area contributed by atoms with Gasteiger partial charge in [-0.25, -0.2) is 0 Å². The third-order valence-corrected chi connectivity index (χ3v) is 4.91. The Hall–Kier alpha value is -1.43. The Morgan fingerprint density at radius 1 is 1.52 bits per heavy atom. The lowest BCUT2D eigenvalue weighted by Crippen LogP contribution is -2.30. The smallest absolute Gasteiger partial charge is 0.225 e. The predicted octanol–water partition coefficient (Wildman–Crippen LogP) is 2.48. The summed E-state index contributed by atoms with van der Waals surface area (Å²) >= 11 is 1.56. The molecule has 112 valence electrons. The van der Waals surface area contributed by atoms with E-state index in [-0.39, 0.29) is 24.5 Å². The molecule has 1 heterocycles. The first-order valence-corrected chi connectivity index (χ1v) is 8.06. The van der Waals surface area contributed by atoms with Crippen molar-refractivity contribution in [2.75, 3.05) is 13.2 Å². The summed E-state index contributed by atoms with van der Waals surface area (Å²) < 4.78 is 6.55. The van der Waals surface area contributed by atoms with Gasteiger partial charge >= 0.3 is 0 Å². The summed E-state index contributed by atoms with van der Waals surface area (Å²) in [6.07, 6.45) is 0.200. The summed E-state index contributed by atoms with van der Waals surface area (Å²) in [5, 5.41) is 14.1. The molecule has 0 saturated heterocycles. The fourth-order valence-electron chi connectivity index (χ4n) is 2.44. The highest BCUT2D eigenvalue weighted by Crippen LogP contribution is 2.34. The highest BCUT2D eigenvalue weighted by Gasteiger charge is 2.43. The van der Waals surface area contributed by atoms with Gasteiger partial charge in [0, 0.05) is 22.7 Å². The summed E-state index contributed by atoms with van der Waals surface area (Å²) in [5.74, 6) is -0.0619. The van der Waals surface area contributed by atoms with Crippen molar-refractivity contribution >= 4 is 27.3 Å². The number of fused-ring (bicyclic) bond motifs is 1. The highest BCUT2D eigenvalue weighted by molar-refractivity contribution is 7.19. The first kappa shape index (κ1) is 14.5. The summed E-state index contributed by atoms with van der Waals surface area (Å²) in [6.45, 7) is 2.82.